The lowest BCUT2D eigenvalue weighted by molar-refractivity contribution is 0.148. The lowest BCUT2D eigenvalue weighted by atomic mass is 10.1. The van der Waals surface area contributed by atoms with Crippen LogP contribution in [-0.2, 0) is 17.8 Å². The molecular weight excluding hydrogens is 201 g/mol. The van der Waals surface area contributed by atoms with Crippen LogP contribution in [0.1, 0.15) is 11.1 Å². The molecule has 15 heavy (non-hydrogen) atoms. The minimum Gasteiger partial charge on any atom is -0.493 e. The number of carbonyl (C=O) groups is 1. The maximum Gasteiger partial charge on any atom is 0.404 e. The second-order valence-electron chi connectivity index (χ2n) is 3.21. The van der Waals surface area contributed by atoms with Crippen molar-refractivity contribution in [1.29, 1.82) is 0 Å². The van der Waals surface area contributed by atoms with Gasteiger partial charge in [0.1, 0.15) is 18.2 Å². The van der Waals surface area contributed by atoms with Crippen LogP contribution in [0.15, 0.2) is 12.1 Å². The molecule has 2 N–H and O–H groups in total. The van der Waals surface area contributed by atoms with E-state index in [-0.39, 0.29) is 6.61 Å². The van der Waals surface area contributed by atoms with Crippen LogP contribution in [-0.4, -0.2) is 12.7 Å². The van der Waals surface area contributed by atoms with Crippen molar-refractivity contribution in [1.82, 2.24) is 0 Å². The maximum absolute atomic E-state index is 13.4. The Morgan fingerprint density at radius 2 is 2.40 bits per heavy atom. The van der Waals surface area contributed by atoms with Crippen molar-refractivity contribution in [2.45, 2.75) is 13.0 Å². The minimum absolute atomic E-state index is 0.145. The summed E-state index contributed by atoms with van der Waals surface area (Å²) in [6.45, 7) is 0.385. The van der Waals surface area contributed by atoms with E-state index in [2.05, 4.69) is 4.74 Å². The van der Waals surface area contributed by atoms with Crippen LogP contribution in [0.2, 0.25) is 0 Å². The number of ether oxygens (including phenoxy) is 2. The van der Waals surface area contributed by atoms with Gasteiger partial charge in [0.25, 0.3) is 0 Å². The van der Waals surface area contributed by atoms with Gasteiger partial charge in [-0.1, -0.05) is 0 Å². The van der Waals surface area contributed by atoms with E-state index in [0.717, 1.165) is 5.56 Å². The summed E-state index contributed by atoms with van der Waals surface area (Å²) in [7, 11) is 0. The largest absolute Gasteiger partial charge is 0.493 e. The fourth-order valence-electron chi connectivity index (χ4n) is 1.61. The molecule has 1 aromatic rings. The van der Waals surface area contributed by atoms with Gasteiger partial charge in [0, 0.05) is 17.5 Å². The fraction of sp³-hybridized carbons (Fsp3) is 0.300. The molecule has 80 valence electrons. The third-order valence-electron chi connectivity index (χ3n) is 2.30. The monoisotopic (exact) mass is 211 g/mol. The number of amides is 1. The number of halogens is 1. The van der Waals surface area contributed by atoms with Gasteiger partial charge in [-0.05, 0) is 12.1 Å². The van der Waals surface area contributed by atoms with Crippen molar-refractivity contribution in [3.8, 4) is 5.75 Å². The number of hydrogen-bond acceptors (Lipinski definition) is 3. The Hall–Kier alpha value is -1.78. The van der Waals surface area contributed by atoms with E-state index in [4.69, 9.17) is 10.5 Å². The highest BCUT2D eigenvalue weighted by Crippen LogP contribution is 2.30. The third-order valence-corrected chi connectivity index (χ3v) is 2.30. The van der Waals surface area contributed by atoms with Gasteiger partial charge in [0.05, 0.1) is 6.61 Å². The summed E-state index contributed by atoms with van der Waals surface area (Å²) < 4.78 is 23.2. The molecule has 0 radical (unpaired) electrons. The molecule has 1 aliphatic heterocycles. The molecule has 4 nitrogen and oxygen atoms in total. The molecule has 1 heterocycles. The average molecular weight is 211 g/mol. The van der Waals surface area contributed by atoms with E-state index < -0.39 is 11.9 Å². The highest BCUT2D eigenvalue weighted by atomic mass is 19.1. The summed E-state index contributed by atoms with van der Waals surface area (Å²) in [5, 5.41) is 0. The Kier molecular flexibility index (Phi) is 2.45. The van der Waals surface area contributed by atoms with Crippen LogP contribution in [0, 0.1) is 5.82 Å². The lowest BCUT2D eigenvalue weighted by Crippen LogP contribution is -2.13. The highest BCUT2D eigenvalue weighted by molar-refractivity contribution is 5.64. The summed E-state index contributed by atoms with van der Waals surface area (Å²) in [6.07, 6.45) is -0.282. The van der Waals surface area contributed by atoms with E-state index in [9.17, 15) is 9.18 Å². The number of hydrogen-bond donors (Lipinski definition) is 1. The summed E-state index contributed by atoms with van der Waals surface area (Å²) in [4.78, 5) is 10.4. The van der Waals surface area contributed by atoms with E-state index in [1.54, 1.807) is 6.07 Å². The summed E-state index contributed by atoms with van der Waals surface area (Å²) in [6, 6.07) is 2.87. The number of primary amides is 1. The lowest BCUT2D eigenvalue weighted by Gasteiger charge is -2.07. The van der Waals surface area contributed by atoms with Crippen molar-refractivity contribution >= 4 is 6.09 Å². The third kappa shape index (κ3) is 1.86. The van der Waals surface area contributed by atoms with Crippen LogP contribution in [0.3, 0.4) is 0 Å². The highest BCUT2D eigenvalue weighted by Gasteiger charge is 2.19. The van der Waals surface area contributed by atoms with Gasteiger partial charge >= 0.3 is 6.09 Å². The maximum atomic E-state index is 13.4. The topological polar surface area (TPSA) is 61.6 Å². The number of carbonyl (C=O) groups excluding carboxylic acids is 1. The van der Waals surface area contributed by atoms with Crippen LogP contribution in [0.25, 0.3) is 0 Å². The first-order valence-corrected chi connectivity index (χ1v) is 4.54. The summed E-state index contributed by atoms with van der Waals surface area (Å²) in [5.41, 5.74) is 5.93. The standard InChI is InChI=1S/C10H10FNO3/c11-8-1-2-9-6(3-4-14-9)7(8)5-15-10(12)13/h1-2H,3-5H2,(H2,12,13). The molecule has 2 rings (SSSR count). The molecule has 0 spiro atoms. The van der Waals surface area contributed by atoms with Gasteiger partial charge in [-0.25, -0.2) is 9.18 Å². The van der Waals surface area contributed by atoms with Gasteiger partial charge < -0.3 is 15.2 Å². The van der Waals surface area contributed by atoms with Crippen LogP contribution in [0.4, 0.5) is 9.18 Å². The van der Waals surface area contributed by atoms with Crippen LogP contribution >= 0.6 is 0 Å². The Labute approximate surface area is 85.8 Å². The average Bonchev–Trinajstić information content (AvgIpc) is 2.63. The SMILES string of the molecule is NC(=O)OCc1c(F)ccc2c1CCO2. The van der Waals surface area contributed by atoms with Crippen molar-refractivity contribution in [3.05, 3.63) is 29.1 Å². The molecule has 5 heteroatoms. The molecule has 0 fully saturated rings. The fourth-order valence-corrected chi connectivity index (χ4v) is 1.61. The molecule has 1 aliphatic rings. The number of rotatable bonds is 2. The molecule has 1 amide bonds. The number of nitrogens with two attached hydrogens (primary N) is 1. The second kappa shape index (κ2) is 3.76. The zero-order chi connectivity index (χ0) is 10.8. The van der Waals surface area contributed by atoms with Crippen LogP contribution < -0.4 is 10.5 Å². The number of benzene rings is 1. The van der Waals surface area contributed by atoms with Gasteiger partial charge in [-0.2, -0.15) is 0 Å². The van der Waals surface area contributed by atoms with Crippen LogP contribution in [0.5, 0.6) is 5.75 Å². The molecule has 0 bridgehead atoms. The molecule has 0 atom stereocenters. The molecule has 1 aromatic carbocycles. The van der Waals surface area contributed by atoms with Gasteiger partial charge in [0.15, 0.2) is 0 Å². The van der Waals surface area contributed by atoms with Crippen molar-refractivity contribution in [2.24, 2.45) is 5.73 Å². The van der Waals surface area contributed by atoms with Gasteiger partial charge in [-0.15, -0.1) is 0 Å². The first kappa shape index (κ1) is 9.76. The van der Waals surface area contributed by atoms with Gasteiger partial charge in [0.2, 0.25) is 0 Å². The molecule has 0 aliphatic carbocycles. The Morgan fingerprint density at radius 3 is 3.13 bits per heavy atom. The Morgan fingerprint density at radius 1 is 1.60 bits per heavy atom. The Balaban J connectivity index is 2.28. The first-order chi connectivity index (χ1) is 7.18. The van der Waals surface area contributed by atoms with E-state index >= 15 is 0 Å². The van der Waals surface area contributed by atoms with Gasteiger partial charge in [-0.3, -0.25) is 0 Å². The Bertz CT molecular complexity index is 406. The van der Waals surface area contributed by atoms with E-state index in [1.165, 1.54) is 6.07 Å². The van der Waals surface area contributed by atoms with E-state index in [1.807, 2.05) is 0 Å². The predicted molar refractivity (Wildman–Crippen MR) is 50.0 cm³/mol. The second-order valence-corrected chi connectivity index (χ2v) is 3.21. The van der Waals surface area contributed by atoms with Crippen molar-refractivity contribution < 1.29 is 18.7 Å². The molecule has 0 saturated carbocycles. The summed E-state index contributed by atoms with van der Waals surface area (Å²) in [5.74, 6) is 0.250. The molecular formula is C10H10FNO3. The van der Waals surface area contributed by atoms with Crippen molar-refractivity contribution in [3.63, 3.8) is 0 Å². The first-order valence-electron chi connectivity index (χ1n) is 4.54. The summed E-state index contributed by atoms with van der Waals surface area (Å²) >= 11 is 0. The smallest absolute Gasteiger partial charge is 0.404 e. The molecule has 0 unspecified atom stereocenters. The number of fused-ring (bicyclic) bond motifs is 1. The predicted octanol–water partition coefficient (Wildman–Crippen LogP) is 1.36. The zero-order valence-corrected chi connectivity index (χ0v) is 7.96. The zero-order valence-electron chi connectivity index (χ0n) is 7.96. The minimum atomic E-state index is -0.911. The normalized spacial score (nSPS) is 13.1. The van der Waals surface area contributed by atoms with Crippen molar-refractivity contribution in [2.75, 3.05) is 6.61 Å². The van der Waals surface area contributed by atoms with E-state index in [0.29, 0.717) is 24.3 Å². The molecule has 0 saturated heterocycles. The molecule has 0 aromatic heterocycles. The quantitative estimate of drug-likeness (QED) is 0.803.